The number of aromatic nitrogens is 2. The summed E-state index contributed by atoms with van der Waals surface area (Å²) in [5.41, 5.74) is 0.667. The van der Waals surface area contributed by atoms with Crippen LogP contribution in [-0.4, -0.2) is 16.5 Å². The second-order valence-corrected chi connectivity index (χ2v) is 2.64. The maximum absolute atomic E-state index is 11.7. The van der Waals surface area contributed by atoms with Gasteiger partial charge in [0.25, 0.3) is 5.56 Å². The van der Waals surface area contributed by atoms with Crippen molar-refractivity contribution in [3.05, 3.63) is 28.2 Å². The number of nitrogens with zero attached hydrogens (tertiary/aromatic N) is 2. The molecule has 0 aliphatic heterocycles. The second kappa shape index (κ2) is 3.99. The highest BCUT2D eigenvalue weighted by Gasteiger charge is 1.95. The quantitative estimate of drug-likeness (QED) is 0.675. The lowest BCUT2D eigenvalue weighted by Gasteiger charge is -2.01. The lowest BCUT2D eigenvalue weighted by molar-refractivity contribution is 0.427. The Kier molecular flexibility index (Phi) is 2.96. The van der Waals surface area contributed by atoms with Crippen LogP contribution in [0.2, 0.25) is 0 Å². The van der Waals surface area contributed by atoms with Gasteiger partial charge in [0.15, 0.2) is 0 Å². The molecule has 0 aliphatic carbocycles. The summed E-state index contributed by atoms with van der Waals surface area (Å²) in [4.78, 5) is 11.1. The molecule has 1 aromatic heterocycles. The monoisotopic (exact) mass is 170 g/mol. The zero-order chi connectivity index (χ0) is 8.97. The first kappa shape index (κ1) is 8.90. The fourth-order valence-corrected chi connectivity index (χ4v) is 0.902. The van der Waals surface area contributed by atoms with Crippen molar-refractivity contribution < 1.29 is 4.39 Å². The fraction of sp³-hybridized carbons (Fsp3) is 0.500. The molecule has 0 amide bonds. The highest BCUT2D eigenvalue weighted by molar-refractivity contribution is 5.02. The third-order valence-corrected chi connectivity index (χ3v) is 1.51. The van der Waals surface area contributed by atoms with E-state index in [-0.39, 0.29) is 5.56 Å². The molecule has 0 bridgehead atoms. The molecule has 1 heterocycles. The average molecular weight is 170 g/mol. The smallest absolute Gasteiger partial charge is 0.266 e. The van der Waals surface area contributed by atoms with Crippen LogP contribution < -0.4 is 5.56 Å². The summed E-state index contributed by atoms with van der Waals surface area (Å²) >= 11 is 0. The van der Waals surface area contributed by atoms with E-state index in [1.165, 1.54) is 10.7 Å². The molecule has 3 nitrogen and oxygen atoms in total. The topological polar surface area (TPSA) is 34.9 Å². The van der Waals surface area contributed by atoms with E-state index in [4.69, 9.17) is 0 Å². The minimum absolute atomic E-state index is 0.163. The van der Waals surface area contributed by atoms with Gasteiger partial charge in [-0.15, -0.1) is 0 Å². The zero-order valence-corrected chi connectivity index (χ0v) is 6.96. The van der Waals surface area contributed by atoms with Crippen molar-refractivity contribution in [3.8, 4) is 0 Å². The highest BCUT2D eigenvalue weighted by atomic mass is 19.1. The minimum Gasteiger partial charge on any atom is -0.268 e. The number of hydrogen-bond donors (Lipinski definition) is 0. The lowest BCUT2D eigenvalue weighted by Crippen LogP contribution is -2.22. The Morgan fingerprint density at radius 2 is 2.42 bits per heavy atom. The van der Waals surface area contributed by atoms with Gasteiger partial charge in [-0.25, -0.2) is 4.68 Å². The van der Waals surface area contributed by atoms with Crippen LogP contribution in [0.4, 0.5) is 4.39 Å². The molecule has 0 aromatic carbocycles. The van der Waals surface area contributed by atoms with Gasteiger partial charge in [-0.3, -0.25) is 9.18 Å². The molecule has 0 saturated carbocycles. The molecule has 0 atom stereocenters. The van der Waals surface area contributed by atoms with Crippen LogP contribution in [0.25, 0.3) is 0 Å². The number of alkyl halides is 1. The number of halogens is 1. The van der Waals surface area contributed by atoms with Gasteiger partial charge in [0.1, 0.15) is 0 Å². The predicted molar refractivity (Wildman–Crippen MR) is 43.8 cm³/mol. The van der Waals surface area contributed by atoms with Crippen molar-refractivity contribution in [2.45, 2.75) is 19.9 Å². The van der Waals surface area contributed by atoms with Crippen molar-refractivity contribution >= 4 is 0 Å². The molecule has 0 spiro atoms. The van der Waals surface area contributed by atoms with Crippen LogP contribution in [0.1, 0.15) is 12.0 Å². The minimum atomic E-state index is -0.415. The van der Waals surface area contributed by atoms with Crippen LogP contribution in [-0.2, 0) is 6.54 Å². The largest absolute Gasteiger partial charge is 0.268 e. The number of rotatable bonds is 3. The number of aryl methyl sites for hydroxylation is 2. The van der Waals surface area contributed by atoms with Crippen LogP contribution in [0.15, 0.2) is 17.1 Å². The Labute approximate surface area is 69.8 Å². The van der Waals surface area contributed by atoms with Crippen LogP contribution in [0, 0.1) is 6.92 Å². The Morgan fingerprint density at radius 1 is 1.67 bits per heavy atom. The zero-order valence-electron chi connectivity index (χ0n) is 6.96. The third-order valence-electron chi connectivity index (χ3n) is 1.51. The molecule has 0 aliphatic rings. The summed E-state index contributed by atoms with van der Waals surface area (Å²) in [5, 5.41) is 3.85. The maximum Gasteiger partial charge on any atom is 0.266 e. The van der Waals surface area contributed by atoms with E-state index in [9.17, 15) is 9.18 Å². The molecular formula is C8H11FN2O. The maximum atomic E-state index is 11.7. The molecule has 1 rings (SSSR count). The van der Waals surface area contributed by atoms with Crippen molar-refractivity contribution in [2.24, 2.45) is 0 Å². The highest BCUT2D eigenvalue weighted by Crippen LogP contribution is 1.88. The fourth-order valence-electron chi connectivity index (χ4n) is 0.902. The first-order chi connectivity index (χ1) is 5.74. The molecule has 0 radical (unpaired) electrons. The Bertz CT molecular complexity index is 308. The molecule has 0 fully saturated rings. The Balaban J connectivity index is 2.80. The van der Waals surface area contributed by atoms with E-state index in [1.54, 1.807) is 13.1 Å². The molecule has 4 heteroatoms. The van der Waals surface area contributed by atoms with E-state index in [0.717, 1.165) is 5.56 Å². The van der Waals surface area contributed by atoms with Crippen LogP contribution >= 0.6 is 0 Å². The van der Waals surface area contributed by atoms with Gasteiger partial charge in [-0.05, 0) is 18.9 Å². The van der Waals surface area contributed by atoms with Crippen molar-refractivity contribution in [3.63, 3.8) is 0 Å². The van der Waals surface area contributed by atoms with Gasteiger partial charge in [-0.2, -0.15) is 5.10 Å². The molecule has 0 N–H and O–H groups in total. The Hall–Kier alpha value is -1.19. The summed E-state index contributed by atoms with van der Waals surface area (Å²) in [6.07, 6.45) is 1.94. The van der Waals surface area contributed by atoms with Gasteiger partial charge >= 0.3 is 0 Å². The van der Waals surface area contributed by atoms with Gasteiger partial charge in [-0.1, -0.05) is 0 Å². The predicted octanol–water partition coefficient (Wildman–Crippen LogP) is 0.911. The third kappa shape index (κ3) is 2.15. The average Bonchev–Trinajstić information content (AvgIpc) is 2.03. The molecule has 0 unspecified atom stereocenters. The summed E-state index contributed by atoms with van der Waals surface area (Å²) in [7, 11) is 0. The van der Waals surface area contributed by atoms with E-state index in [1.807, 2.05) is 0 Å². The molecular weight excluding hydrogens is 159 g/mol. The molecule has 66 valence electrons. The van der Waals surface area contributed by atoms with Crippen molar-refractivity contribution in [1.29, 1.82) is 0 Å². The molecule has 0 saturated heterocycles. The van der Waals surface area contributed by atoms with Crippen LogP contribution in [0.3, 0.4) is 0 Å². The summed E-state index contributed by atoms with van der Waals surface area (Å²) in [6.45, 7) is 1.74. The van der Waals surface area contributed by atoms with Gasteiger partial charge in [0.05, 0.1) is 12.9 Å². The molecule has 1 aromatic rings. The van der Waals surface area contributed by atoms with Crippen molar-refractivity contribution in [1.82, 2.24) is 9.78 Å². The normalized spacial score (nSPS) is 10.2. The number of hydrogen-bond acceptors (Lipinski definition) is 2. The van der Waals surface area contributed by atoms with E-state index < -0.39 is 6.67 Å². The van der Waals surface area contributed by atoms with Gasteiger partial charge in [0.2, 0.25) is 0 Å². The first-order valence-electron chi connectivity index (χ1n) is 3.84. The summed E-state index contributed by atoms with van der Waals surface area (Å²) in [6, 6.07) is 1.49. The molecule has 12 heavy (non-hydrogen) atoms. The van der Waals surface area contributed by atoms with Gasteiger partial charge < -0.3 is 0 Å². The lowest BCUT2D eigenvalue weighted by atomic mass is 10.3. The van der Waals surface area contributed by atoms with Crippen LogP contribution in [0.5, 0.6) is 0 Å². The van der Waals surface area contributed by atoms with E-state index in [0.29, 0.717) is 13.0 Å². The first-order valence-corrected chi connectivity index (χ1v) is 3.84. The van der Waals surface area contributed by atoms with E-state index >= 15 is 0 Å². The SMILES string of the molecule is Cc1cnn(CCCF)c(=O)c1. The summed E-state index contributed by atoms with van der Waals surface area (Å²) < 4.78 is 13.0. The van der Waals surface area contributed by atoms with Gasteiger partial charge in [0, 0.05) is 12.6 Å². The second-order valence-electron chi connectivity index (χ2n) is 2.64. The Morgan fingerprint density at radius 3 is 3.00 bits per heavy atom. The summed E-state index contributed by atoms with van der Waals surface area (Å²) in [5.74, 6) is 0. The standard InChI is InChI=1S/C8H11FN2O/c1-7-5-8(12)11(10-6-7)4-2-3-9/h5-6H,2-4H2,1H3. The van der Waals surface area contributed by atoms with E-state index in [2.05, 4.69) is 5.10 Å². The van der Waals surface area contributed by atoms with Crippen molar-refractivity contribution in [2.75, 3.05) is 6.67 Å².